The van der Waals surface area contributed by atoms with Crippen molar-refractivity contribution in [3.05, 3.63) is 49.1 Å². The molecule has 1 unspecified atom stereocenters. The fourth-order valence-corrected chi connectivity index (χ4v) is 3.52. The summed E-state index contributed by atoms with van der Waals surface area (Å²) in [4.78, 5) is 2.35. The van der Waals surface area contributed by atoms with Crippen molar-refractivity contribution in [1.29, 1.82) is 0 Å². The summed E-state index contributed by atoms with van der Waals surface area (Å²) in [7, 11) is 0. The second-order valence-corrected chi connectivity index (χ2v) is 6.71. The van der Waals surface area contributed by atoms with Crippen molar-refractivity contribution in [2.45, 2.75) is 26.8 Å². The summed E-state index contributed by atoms with van der Waals surface area (Å²) in [6.07, 6.45) is 0. The van der Waals surface area contributed by atoms with Crippen LogP contribution in [-0.2, 0) is 0 Å². The first-order valence-corrected chi connectivity index (χ1v) is 7.95. The third kappa shape index (κ3) is 3.12. The Morgan fingerprint density at radius 2 is 1.90 bits per heavy atom. The Bertz CT molecular complexity index is 605. The molecule has 5 heteroatoms. The molecule has 2 aromatic rings. The van der Waals surface area contributed by atoms with E-state index in [0.717, 1.165) is 10.4 Å². The molecule has 1 atom stereocenters. The van der Waals surface area contributed by atoms with E-state index in [0.29, 0.717) is 22.4 Å². The second-order valence-electron chi connectivity index (χ2n) is 4.60. The molecule has 2 N–H and O–H groups in total. The van der Waals surface area contributed by atoms with E-state index in [2.05, 4.69) is 19.9 Å². The maximum absolute atomic E-state index is 6.32. The highest BCUT2D eigenvalue weighted by molar-refractivity contribution is 7.12. The van der Waals surface area contributed by atoms with E-state index in [1.54, 1.807) is 23.5 Å². The largest absolute Gasteiger partial charge is 0.492 e. The van der Waals surface area contributed by atoms with Crippen LogP contribution in [0.4, 0.5) is 0 Å². The third-order valence-electron chi connectivity index (χ3n) is 3.18. The van der Waals surface area contributed by atoms with Crippen LogP contribution in [0.1, 0.15) is 33.8 Å². The molecule has 0 bridgehead atoms. The second kappa shape index (κ2) is 6.35. The van der Waals surface area contributed by atoms with E-state index in [9.17, 15) is 0 Å². The van der Waals surface area contributed by atoms with Crippen LogP contribution in [0.5, 0.6) is 5.75 Å². The molecule has 1 aromatic heterocycles. The average molecular weight is 330 g/mol. The molecule has 1 heterocycles. The lowest BCUT2D eigenvalue weighted by molar-refractivity contribution is 0.340. The summed E-state index contributed by atoms with van der Waals surface area (Å²) >= 11 is 14.2. The average Bonchev–Trinajstić information content (AvgIpc) is 2.73. The van der Waals surface area contributed by atoms with Gasteiger partial charge in [-0.25, -0.2) is 0 Å². The fourth-order valence-electron chi connectivity index (χ4n) is 1.96. The molecule has 20 heavy (non-hydrogen) atoms. The Labute approximate surface area is 133 Å². The van der Waals surface area contributed by atoms with Crippen molar-refractivity contribution in [2.75, 3.05) is 6.61 Å². The minimum Gasteiger partial charge on any atom is -0.492 e. The number of nitrogens with two attached hydrogens (primary N) is 1. The van der Waals surface area contributed by atoms with Crippen molar-refractivity contribution in [1.82, 2.24) is 0 Å². The Hall–Kier alpha value is -0.740. The van der Waals surface area contributed by atoms with Gasteiger partial charge in [0.25, 0.3) is 0 Å². The highest BCUT2D eigenvalue weighted by Gasteiger charge is 2.18. The SMILES string of the molecule is CCOc1cc(Cl)c(C(N)c2cc(C)c(C)s2)cc1Cl. The predicted molar refractivity (Wildman–Crippen MR) is 87.5 cm³/mol. The van der Waals surface area contributed by atoms with Crippen molar-refractivity contribution >= 4 is 34.5 Å². The summed E-state index contributed by atoms with van der Waals surface area (Å²) < 4.78 is 5.43. The lowest BCUT2D eigenvalue weighted by Gasteiger charge is -2.15. The summed E-state index contributed by atoms with van der Waals surface area (Å²) in [5, 5.41) is 1.11. The van der Waals surface area contributed by atoms with Gasteiger partial charge in [0.15, 0.2) is 0 Å². The first-order chi connectivity index (χ1) is 9.43. The van der Waals surface area contributed by atoms with Gasteiger partial charge in [0.2, 0.25) is 0 Å². The molecule has 0 saturated carbocycles. The van der Waals surface area contributed by atoms with Gasteiger partial charge in [-0.05, 0) is 44.0 Å². The summed E-state index contributed by atoms with van der Waals surface area (Å²) in [5.74, 6) is 0.591. The number of rotatable bonds is 4. The van der Waals surface area contributed by atoms with Crippen molar-refractivity contribution in [2.24, 2.45) is 5.73 Å². The zero-order valence-electron chi connectivity index (χ0n) is 11.7. The summed E-state index contributed by atoms with van der Waals surface area (Å²) in [6.45, 7) is 6.61. The highest BCUT2D eigenvalue weighted by atomic mass is 35.5. The number of aryl methyl sites for hydroxylation is 2. The fraction of sp³-hybridized carbons (Fsp3) is 0.333. The molecule has 2 nitrogen and oxygen atoms in total. The zero-order chi connectivity index (χ0) is 14.9. The third-order valence-corrected chi connectivity index (χ3v) is 5.04. The smallest absolute Gasteiger partial charge is 0.139 e. The van der Waals surface area contributed by atoms with Crippen LogP contribution in [0.15, 0.2) is 18.2 Å². The van der Waals surface area contributed by atoms with Gasteiger partial charge in [-0.15, -0.1) is 11.3 Å². The van der Waals surface area contributed by atoms with E-state index in [1.807, 2.05) is 6.92 Å². The van der Waals surface area contributed by atoms with Crippen LogP contribution >= 0.6 is 34.5 Å². The maximum Gasteiger partial charge on any atom is 0.139 e. The Morgan fingerprint density at radius 3 is 2.45 bits per heavy atom. The van der Waals surface area contributed by atoms with Crippen LogP contribution in [-0.4, -0.2) is 6.61 Å². The first-order valence-electron chi connectivity index (χ1n) is 6.38. The molecule has 0 aliphatic carbocycles. The standard InChI is InChI=1S/C15H17Cl2NOS/c1-4-19-13-7-11(16)10(6-12(13)17)15(18)14-5-8(2)9(3)20-14/h5-7,15H,4,18H2,1-3H3. The van der Waals surface area contributed by atoms with Gasteiger partial charge in [0.1, 0.15) is 5.75 Å². The molecule has 0 aliphatic heterocycles. The van der Waals surface area contributed by atoms with Crippen molar-refractivity contribution in [3.8, 4) is 5.75 Å². The highest BCUT2D eigenvalue weighted by Crippen LogP contribution is 2.37. The van der Waals surface area contributed by atoms with Gasteiger partial charge < -0.3 is 10.5 Å². The lowest BCUT2D eigenvalue weighted by Crippen LogP contribution is -2.11. The monoisotopic (exact) mass is 329 g/mol. The molecule has 1 aromatic carbocycles. The minimum absolute atomic E-state index is 0.270. The van der Waals surface area contributed by atoms with Crippen molar-refractivity contribution in [3.63, 3.8) is 0 Å². The lowest BCUT2D eigenvalue weighted by atomic mass is 10.1. The number of hydrogen-bond donors (Lipinski definition) is 1. The number of hydrogen-bond acceptors (Lipinski definition) is 3. The molecular weight excluding hydrogens is 313 g/mol. The minimum atomic E-state index is -0.270. The van der Waals surface area contributed by atoms with E-state index >= 15 is 0 Å². The van der Waals surface area contributed by atoms with E-state index in [-0.39, 0.29) is 6.04 Å². The molecule has 2 rings (SSSR count). The van der Waals surface area contributed by atoms with E-state index < -0.39 is 0 Å². The van der Waals surface area contributed by atoms with Gasteiger partial charge in [0.05, 0.1) is 17.7 Å². The van der Waals surface area contributed by atoms with Crippen LogP contribution in [0.2, 0.25) is 10.0 Å². The molecular formula is C15H17Cl2NOS. The normalized spacial score (nSPS) is 12.5. The number of halogens is 2. The summed E-state index contributed by atoms with van der Waals surface area (Å²) in [6, 6.07) is 5.36. The molecule has 0 fully saturated rings. The first kappa shape index (κ1) is 15.6. The van der Waals surface area contributed by atoms with Gasteiger partial charge >= 0.3 is 0 Å². The van der Waals surface area contributed by atoms with Crippen molar-refractivity contribution < 1.29 is 4.74 Å². The van der Waals surface area contributed by atoms with Crippen LogP contribution in [0, 0.1) is 13.8 Å². The number of ether oxygens (including phenoxy) is 1. The Morgan fingerprint density at radius 1 is 1.20 bits per heavy atom. The predicted octanol–water partition coefficient (Wildman–Crippen LogP) is 5.12. The van der Waals surface area contributed by atoms with E-state index in [1.165, 1.54) is 10.4 Å². The molecule has 0 saturated heterocycles. The topological polar surface area (TPSA) is 35.2 Å². The molecule has 0 aliphatic rings. The zero-order valence-corrected chi connectivity index (χ0v) is 14.0. The molecule has 0 spiro atoms. The Balaban J connectivity index is 2.39. The summed E-state index contributed by atoms with van der Waals surface area (Å²) in [5.41, 5.74) is 8.38. The quantitative estimate of drug-likeness (QED) is 0.844. The van der Waals surface area contributed by atoms with Gasteiger partial charge in [0, 0.05) is 20.8 Å². The van der Waals surface area contributed by atoms with Gasteiger partial charge in [-0.1, -0.05) is 23.2 Å². The molecule has 0 radical (unpaired) electrons. The van der Waals surface area contributed by atoms with Crippen LogP contribution in [0.25, 0.3) is 0 Å². The van der Waals surface area contributed by atoms with Crippen LogP contribution in [0.3, 0.4) is 0 Å². The molecule has 0 amide bonds. The Kier molecular flexibility index (Phi) is 4.97. The van der Waals surface area contributed by atoms with E-state index in [4.69, 9.17) is 33.7 Å². The maximum atomic E-state index is 6.32. The van der Waals surface area contributed by atoms with Gasteiger partial charge in [-0.2, -0.15) is 0 Å². The van der Waals surface area contributed by atoms with Gasteiger partial charge in [-0.3, -0.25) is 0 Å². The number of thiophene rings is 1. The van der Waals surface area contributed by atoms with Crippen LogP contribution < -0.4 is 10.5 Å². The number of benzene rings is 1. The molecule has 108 valence electrons.